The minimum Gasteiger partial charge on any atom is -0.258 e. The van der Waals surface area contributed by atoms with E-state index in [0.29, 0.717) is 0 Å². The molecule has 0 radical (unpaired) electrons. The maximum absolute atomic E-state index is 10.9. The van der Waals surface area contributed by atoms with E-state index in [4.69, 9.17) is 0 Å². The summed E-state index contributed by atoms with van der Waals surface area (Å²) in [5.41, 5.74) is 5.08. The van der Waals surface area contributed by atoms with Gasteiger partial charge in [0, 0.05) is 23.0 Å². The molecule has 1 atom stereocenters. The van der Waals surface area contributed by atoms with Crippen LogP contribution in [-0.4, -0.2) is 4.92 Å². The molecular formula is C27H20NO2P. The second kappa shape index (κ2) is 8.26. The number of nitro benzene ring substituents is 1. The van der Waals surface area contributed by atoms with E-state index in [1.807, 2.05) is 0 Å². The topological polar surface area (TPSA) is 43.1 Å². The van der Waals surface area contributed by atoms with Crippen molar-refractivity contribution >= 4 is 13.2 Å². The molecule has 1 aliphatic carbocycles. The summed E-state index contributed by atoms with van der Waals surface area (Å²) in [6, 6.07) is 27.9. The molecule has 31 heavy (non-hydrogen) atoms. The molecular weight excluding hydrogens is 401 g/mol. The van der Waals surface area contributed by atoms with Crippen molar-refractivity contribution in [1.82, 2.24) is 0 Å². The van der Waals surface area contributed by atoms with E-state index < -0.39 is 7.53 Å². The van der Waals surface area contributed by atoms with Gasteiger partial charge >= 0.3 is 0 Å². The maximum atomic E-state index is 10.9. The molecule has 1 aliphatic rings. The van der Waals surface area contributed by atoms with Crippen LogP contribution in [0, 0.1) is 22.0 Å². The van der Waals surface area contributed by atoms with E-state index in [0.717, 1.165) is 18.4 Å². The van der Waals surface area contributed by atoms with Crippen molar-refractivity contribution in [3.8, 4) is 28.0 Å². The lowest BCUT2D eigenvalue weighted by Gasteiger charge is -2.10. The standard InChI is InChI=1S/C27H20NO2P/c29-28(30)22-17-14-20(15-18-22)16-19-26-24-12-7-13-25(24)27(21-8-3-1-4-9-21)31(26)23-10-5-2-6-11-23/h1-6,8-11,14-15,17-18H,7,12-13H2. The average Bonchev–Trinajstić information content (AvgIpc) is 3.40. The molecule has 1 aromatic heterocycles. The fraction of sp³-hybridized carbons (Fsp3) is 0.111. The van der Waals surface area contributed by atoms with Crippen LogP contribution in [0.4, 0.5) is 5.69 Å². The molecule has 0 saturated heterocycles. The predicted molar refractivity (Wildman–Crippen MR) is 127 cm³/mol. The van der Waals surface area contributed by atoms with Crippen LogP contribution in [-0.2, 0) is 12.8 Å². The zero-order valence-corrected chi connectivity index (χ0v) is 17.8. The summed E-state index contributed by atoms with van der Waals surface area (Å²) < 4.78 is 0. The third kappa shape index (κ3) is 3.67. The van der Waals surface area contributed by atoms with Crippen molar-refractivity contribution in [1.29, 1.82) is 0 Å². The minimum atomic E-state index is -0.712. The Kier molecular flexibility index (Phi) is 5.16. The number of rotatable bonds is 3. The van der Waals surface area contributed by atoms with Gasteiger partial charge in [-0.3, -0.25) is 10.1 Å². The minimum absolute atomic E-state index is 0.0890. The number of hydrogen-bond acceptors (Lipinski definition) is 2. The molecule has 0 N–H and O–H groups in total. The summed E-state index contributed by atoms with van der Waals surface area (Å²) in [5, 5.41) is 14.9. The molecule has 1 heterocycles. The van der Waals surface area contributed by atoms with Gasteiger partial charge < -0.3 is 0 Å². The molecule has 0 saturated carbocycles. The van der Waals surface area contributed by atoms with E-state index >= 15 is 0 Å². The summed E-state index contributed by atoms with van der Waals surface area (Å²) in [6.07, 6.45) is 3.34. The monoisotopic (exact) mass is 421 g/mol. The smallest absolute Gasteiger partial charge is 0.258 e. The predicted octanol–water partition coefficient (Wildman–Crippen LogP) is 7.13. The Hall–Kier alpha value is -3.60. The van der Waals surface area contributed by atoms with Crippen molar-refractivity contribution < 1.29 is 4.92 Å². The van der Waals surface area contributed by atoms with Crippen LogP contribution < -0.4 is 0 Å². The van der Waals surface area contributed by atoms with Crippen molar-refractivity contribution in [2.24, 2.45) is 0 Å². The zero-order chi connectivity index (χ0) is 21.2. The number of non-ortho nitro benzene ring substituents is 1. The van der Waals surface area contributed by atoms with Crippen molar-refractivity contribution in [2.45, 2.75) is 19.3 Å². The van der Waals surface area contributed by atoms with Crippen LogP contribution in [0.25, 0.3) is 16.2 Å². The molecule has 0 spiro atoms. The molecule has 1 unspecified atom stereocenters. The first-order chi connectivity index (χ1) is 15.2. The van der Waals surface area contributed by atoms with Gasteiger partial charge in [0.25, 0.3) is 5.69 Å². The number of nitrogens with zero attached hydrogens (tertiary/aromatic N) is 1. The van der Waals surface area contributed by atoms with E-state index in [1.165, 1.54) is 51.1 Å². The first-order valence-electron chi connectivity index (χ1n) is 10.4. The summed E-state index contributed by atoms with van der Waals surface area (Å²) in [5.74, 6) is 6.81. The lowest BCUT2D eigenvalue weighted by atomic mass is 10.1. The van der Waals surface area contributed by atoms with Crippen LogP contribution in [0.5, 0.6) is 0 Å². The van der Waals surface area contributed by atoms with E-state index in [9.17, 15) is 10.1 Å². The Morgan fingerprint density at radius 2 is 1.42 bits per heavy atom. The quantitative estimate of drug-likeness (QED) is 0.201. The highest BCUT2D eigenvalue weighted by molar-refractivity contribution is 7.61. The molecule has 0 amide bonds. The third-order valence-corrected chi connectivity index (χ3v) is 8.32. The first-order valence-corrected chi connectivity index (χ1v) is 11.7. The molecule has 0 aliphatic heterocycles. The van der Waals surface area contributed by atoms with E-state index in [1.54, 1.807) is 12.1 Å². The number of fused-ring (bicyclic) bond motifs is 1. The second-order valence-corrected chi connectivity index (χ2v) is 9.68. The lowest BCUT2D eigenvalue weighted by molar-refractivity contribution is -0.384. The highest BCUT2D eigenvalue weighted by Crippen LogP contribution is 2.58. The largest absolute Gasteiger partial charge is 0.269 e. The molecule has 0 fully saturated rings. The Morgan fingerprint density at radius 3 is 2.10 bits per heavy atom. The van der Waals surface area contributed by atoms with Crippen molar-refractivity contribution in [2.75, 3.05) is 0 Å². The number of nitro groups is 1. The Balaban J connectivity index is 1.70. The van der Waals surface area contributed by atoms with Gasteiger partial charge in [-0.15, -0.1) is 0 Å². The van der Waals surface area contributed by atoms with E-state index in [2.05, 4.69) is 72.5 Å². The number of benzene rings is 3. The highest BCUT2D eigenvalue weighted by atomic mass is 31.1. The Labute approximate surface area is 182 Å². The molecule has 5 rings (SSSR count). The van der Waals surface area contributed by atoms with Crippen LogP contribution in [0.2, 0.25) is 0 Å². The van der Waals surface area contributed by atoms with Gasteiger partial charge in [0.2, 0.25) is 0 Å². The first kappa shape index (κ1) is 19.4. The van der Waals surface area contributed by atoms with Gasteiger partial charge in [-0.05, 0) is 53.4 Å². The summed E-state index contributed by atoms with van der Waals surface area (Å²) in [7, 11) is -0.712. The van der Waals surface area contributed by atoms with Crippen LogP contribution in [0.1, 0.15) is 28.4 Å². The second-order valence-electron chi connectivity index (χ2n) is 7.60. The molecule has 150 valence electrons. The lowest BCUT2D eigenvalue weighted by Crippen LogP contribution is -1.87. The summed E-state index contributed by atoms with van der Waals surface area (Å²) in [4.78, 5) is 10.6. The van der Waals surface area contributed by atoms with Gasteiger partial charge in [0.1, 0.15) is 0 Å². The average molecular weight is 421 g/mol. The SMILES string of the molecule is O=[N+]([O-])c1ccc(C#Cc2c3c(c(-c4ccccc4)p2-c2ccccc2)CCC3)cc1. The van der Waals surface area contributed by atoms with Crippen LogP contribution in [0.3, 0.4) is 0 Å². The Morgan fingerprint density at radius 1 is 0.774 bits per heavy atom. The summed E-state index contributed by atoms with van der Waals surface area (Å²) >= 11 is 0. The van der Waals surface area contributed by atoms with Crippen molar-refractivity contribution in [3.05, 3.63) is 117 Å². The van der Waals surface area contributed by atoms with Crippen LogP contribution >= 0.6 is 7.53 Å². The van der Waals surface area contributed by atoms with Gasteiger partial charge in [-0.2, -0.15) is 0 Å². The van der Waals surface area contributed by atoms with Crippen LogP contribution in [0.15, 0.2) is 84.9 Å². The van der Waals surface area contributed by atoms with E-state index in [-0.39, 0.29) is 10.6 Å². The molecule has 4 aromatic rings. The Bertz CT molecular complexity index is 1310. The van der Waals surface area contributed by atoms with Gasteiger partial charge in [-0.25, -0.2) is 0 Å². The highest BCUT2D eigenvalue weighted by Gasteiger charge is 2.27. The normalized spacial score (nSPS) is 12.7. The summed E-state index contributed by atoms with van der Waals surface area (Å²) in [6.45, 7) is 0. The van der Waals surface area contributed by atoms with Crippen molar-refractivity contribution in [3.63, 3.8) is 0 Å². The molecule has 3 nitrogen and oxygen atoms in total. The molecule has 4 heteroatoms. The fourth-order valence-electron chi connectivity index (χ4n) is 4.31. The van der Waals surface area contributed by atoms with Gasteiger partial charge in [0.05, 0.1) is 10.2 Å². The van der Waals surface area contributed by atoms with Gasteiger partial charge in [0.15, 0.2) is 0 Å². The zero-order valence-electron chi connectivity index (χ0n) is 16.9. The fourth-order valence-corrected chi connectivity index (χ4v) is 7.13. The third-order valence-electron chi connectivity index (χ3n) is 5.70. The maximum Gasteiger partial charge on any atom is 0.269 e. The molecule has 3 aromatic carbocycles. The van der Waals surface area contributed by atoms with Gasteiger partial charge in [-0.1, -0.05) is 80.0 Å². The molecule has 0 bridgehead atoms. The number of hydrogen-bond donors (Lipinski definition) is 0.